The molecular weight excluding hydrogens is 509 g/mol. The quantitative estimate of drug-likeness (QED) is 0.368. The van der Waals surface area contributed by atoms with Gasteiger partial charge in [-0.15, -0.1) is 0 Å². The summed E-state index contributed by atoms with van der Waals surface area (Å²) >= 11 is 0. The van der Waals surface area contributed by atoms with Crippen LogP contribution in [0.5, 0.6) is 0 Å². The van der Waals surface area contributed by atoms with Crippen LogP contribution in [0.4, 0.5) is 0 Å². The summed E-state index contributed by atoms with van der Waals surface area (Å²) in [5, 5.41) is 1.89. The van der Waals surface area contributed by atoms with Gasteiger partial charge in [0.1, 0.15) is 0 Å². The Kier molecular flexibility index (Phi) is 16.9. The standard InChI is InChI=1S/C19H42P2.2BrH.Ni/c1-16(2,3)20(17(4,5)6)14-13-15-21(18(7,8)9)19(10,11)12;;;/h13-15H2,1-12H3;2*1H;/q;;;+2/p-2. The van der Waals surface area contributed by atoms with Crippen LogP contribution in [0.2, 0.25) is 0 Å². The van der Waals surface area contributed by atoms with Crippen LogP contribution in [-0.2, 0) is 16.5 Å². The first-order valence-electron chi connectivity index (χ1n) is 8.53. The first-order valence-corrected chi connectivity index (χ1v) is 11.6. The van der Waals surface area contributed by atoms with Gasteiger partial charge in [-0.2, -0.15) is 0 Å². The minimum absolute atomic E-state index is 0. The van der Waals surface area contributed by atoms with E-state index in [0.717, 1.165) is 0 Å². The Bertz CT molecular complexity index is 260. The van der Waals surface area contributed by atoms with E-state index in [4.69, 9.17) is 0 Å². The van der Waals surface area contributed by atoms with Gasteiger partial charge in [0, 0.05) is 0 Å². The van der Waals surface area contributed by atoms with Crippen LogP contribution in [0.3, 0.4) is 0 Å². The van der Waals surface area contributed by atoms with Crippen molar-refractivity contribution in [2.45, 2.75) is 110 Å². The molecule has 0 aliphatic carbocycles. The molecule has 0 radical (unpaired) electrons. The van der Waals surface area contributed by atoms with E-state index in [1.54, 1.807) is 0 Å². The normalized spacial score (nSPS) is 13.2. The molecule has 0 amide bonds. The number of hydrogen-bond acceptors (Lipinski definition) is 0. The zero-order chi connectivity index (χ0) is 17.3. The van der Waals surface area contributed by atoms with Gasteiger partial charge in [-0.25, -0.2) is 0 Å². The summed E-state index contributed by atoms with van der Waals surface area (Å²) in [6.45, 7) is 29.3. The zero-order valence-electron chi connectivity index (χ0n) is 18.1. The minimum Gasteiger partial charge on any atom is -1.00 e. The Morgan fingerprint density at radius 3 is 0.750 bits per heavy atom. The summed E-state index contributed by atoms with van der Waals surface area (Å²) in [6, 6.07) is 0. The van der Waals surface area contributed by atoms with Gasteiger partial charge in [0.2, 0.25) is 0 Å². The van der Waals surface area contributed by atoms with Crippen LogP contribution in [0.15, 0.2) is 0 Å². The van der Waals surface area contributed by atoms with Gasteiger partial charge in [0.25, 0.3) is 0 Å². The minimum atomic E-state index is 0. The third-order valence-corrected chi connectivity index (χ3v) is 12.0. The molecule has 0 aromatic heterocycles. The molecule has 0 bridgehead atoms. The zero-order valence-corrected chi connectivity index (χ0v) is 24.0. The van der Waals surface area contributed by atoms with E-state index in [0.29, 0.717) is 20.6 Å². The monoisotopic (exact) mass is 548 g/mol. The second kappa shape index (κ2) is 12.0. The molecular formula is C19H42Br2NiP2. The molecule has 0 aliphatic heterocycles. The van der Waals surface area contributed by atoms with E-state index in [2.05, 4.69) is 83.1 Å². The van der Waals surface area contributed by atoms with E-state index in [1.165, 1.54) is 18.7 Å². The molecule has 24 heavy (non-hydrogen) atoms. The van der Waals surface area contributed by atoms with E-state index in [9.17, 15) is 0 Å². The molecule has 0 saturated heterocycles. The maximum Gasteiger partial charge on any atom is 2.00 e. The molecule has 0 heterocycles. The molecule has 5 heteroatoms. The van der Waals surface area contributed by atoms with Crippen molar-refractivity contribution in [3.05, 3.63) is 0 Å². The predicted molar refractivity (Wildman–Crippen MR) is 107 cm³/mol. The Labute approximate surface area is 187 Å². The largest absolute Gasteiger partial charge is 2.00 e. The van der Waals surface area contributed by atoms with Crippen LogP contribution in [0, 0.1) is 0 Å². The molecule has 0 atom stereocenters. The first-order chi connectivity index (χ1) is 8.97. The molecule has 0 N–H and O–H groups in total. The van der Waals surface area contributed by atoms with Crippen molar-refractivity contribution >= 4 is 15.8 Å². The van der Waals surface area contributed by atoms with Crippen molar-refractivity contribution in [2.24, 2.45) is 0 Å². The summed E-state index contributed by atoms with van der Waals surface area (Å²) in [6.07, 6.45) is 4.29. The molecule has 152 valence electrons. The average molecular weight is 551 g/mol. The molecule has 0 aromatic rings. The third-order valence-electron chi connectivity index (χ3n) is 4.00. The molecule has 0 fully saturated rings. The first kappa shape index (κ1) is 33.9. The van der Waals surface area contributed by atoms with Crippen LogP contribution in [0.25, 0.3) is 0 Å². The molecule has 0 aromatic carbocycles. The van der Waals surface area contributed by atoms with Gasteiger partial charge in [-0.1, -0.05) is 98.9 Å². The average Bonchev–Trinajstić information content (AvgIpc) is 2.07. The Morgan fingerprint density at radius 1 is 0.458 bits per heavy atom. The molecule has 0 spiro atoms. The fourth-order valence-corrected chi connectivity index (χ4v) is 11.6. The van der Waals surface area contributed by atoms with Crippen molar-refractivity contribution < 1.29 is 50.5 Å². The summed E-state index contributed by atoms with van der Waals surface area (Å²) in [5.41, 5.74) is 0. The number of rotatable bonds is 4. The van der Waals surface area contributed by atoms with Crippen molar-refractivity contribution in [3.8, 4) is 0 Å². The number of halogens is 2. The smallest absolute Gasteiger partial charge is 1.00 e. The predicted octanol–water partition coefficient (Wildman–Crippen LogP) is 1.54. The van der Waals surface area contributed by atoms with E-state index < -0.39 is 0 Å². The van der Waals surface area contributed by atoms with Gasteiger partial charge >= 0.3 is 16.5 Å². The summed E-state index contributed by atoms with van der Waals surface area (Å²) < 4.78 is 0. The SMILES string of the molecule is CC(C)(C)P(CCCP(C(C)(C)C)C(C)(C)C)C(C)(C)C.[Br-].[Br-].[Ni+2]. The molecule has 0 unspecified atom stereocenters. The Balaban J connectivity index is -0.000000667. The summed E-state index contributed by atoms with van der Waals surface area (Å²) in [7, 11) is 0.130. The Morgan fingerprint density at radius 2 is 0.625 bits per heavy atom. The van der Waals surface area contributed by atoms with Crippen LogP contribution >= 0.6 is 15.8 Å². The second-order valence-electron chi connectivity index (χ2n) is 10.3. The topological polar surface area (TPSA) is 0 Å². The molecule has 0 saturated carbocycles. The van der Waals surface area contributed by atoms with Crippen molar-refractivity contribution in [2.75, 3.05) is 12.3 Å². The fraction of sp³-hybridized carbons (Fsp3) is 1.00. The molecule has 0 nitrogen and oxygen atoms in total. The summed E-state index contributed by atoms with van der Waals surface area (Å²) in [4.78, 5) is 0. The van der Waals surface area contributed by atoms with Gasteiger partial charge in [0.05, 0.1) is 0 Å². The Hall–Kier alpha value is 2.31. The van der Waals surface area contributed by atoms with Gasteiger partial charge < -0.3 is 34.0 Å². The van der Waals surface area contributed by atoms with Gasteiger partial charge in [-0.05, 0) is 39.4 Å². The van der Waals surface area contributed by atoms with Crippen LogP contribution in [-0.4, -0.2) is 32.9 Å². The second-order valence-corrected chi connectivity index (χ2v) is 18.3. The third kappa shape index (κ3) is 12.7. The van der Waals surface area contributed by atoms with E-state index >= 15 is 0 Å². The van der Waals surface area contributed by atoms with Gasteiger partial charge in [-0.3, -0.25) is 0 Å². The fourth-order valence-electron chi connectivity index (χ4n) is 3.74. The van der Waals surface area contributed by atoms with E-state index in [1.807, 2.05) is 0 Å². The van der Waals surface area contributed by atoms with Gasteiger partial charge in [0.15, 0.2) is 0 Å². The van der Waals surface area contributed by atoms with Crippen molar-refractivity contribution in [1.82, 2.24) is 0 Å². The summed E-state index contributed by atoms with van der Waals surface area (Å²) in [5.74, 6) is 0. The van der Waals surface area contributed by atoms with Crippen LogP contribution < -0.4 is 34.0 Å². The maximum atomic E-state index is 2.44. The van der Waals surface area contributed by atoms with Crippen molar-refractivity contribution in [3.63, 3.8) is 0 Å². The van der Waals surface area contributed by atoms with E-state index in [-0.39, 0.29) is 66.3 Å². The van der Waals surface area contributed by atoms with Crippen LogP contribution in [0.1, 0.15) is 89.5 Å². The van der Waals surface area contributed by atoms with Crippen molar-refractivity contribution in [1.29, 1.82) is 0 Å². The number of hydrogen-bond donors (Lipinski definition) is 0. The molecule has 0 rings (SSSR count). The molecule has 0 aliphatic rings. The maximum absolute atomic E-state index is 2.44.